The summed E-state index contributed by atoms with van der Waals surface area (Å²) in [6, 6.07) is -0.629. The monoisotopic (exact) mass is 242 g/mol. The molecular weight excluding hydrogens is 228 g/mol. The van der Waals surface area contributed by atoms with Crippen molar-refractivity contribution in [3.05, 3.63) is 0 Å². The van der Waals surface area contributed by atoms with Crippen LogP contribution in [-0.4, -0.2) is 71.6 Å². The normalized spacial score (nSPS) is 28.4. The van der Waals surface area contributed by atoms with Gasteiger partial charge in [-0.25, -0.2) is 0 Å². The van der Waals surface area contributed by atoms with Gasteiger partial charge in [0.1, 0.15) is 18.7 Å². The molecule has 2 rings (SSSR count). The standard InChI is InChI=1S/C10H14N2O5/c1-17-8(14)5-11-2-3-12-6(9(11)15)4-7(13)10(12)16/h6-7,13H,2-5H2,1H3. The van der Waals surface area contributed by atoms with Gasteiger partial charge in [0.15, 0.2) is 0 Å². The van der Waals surface area contributed by atoms with Crippen LogP contribution in [0.2, 0.25) is 0 Å². The lowest BCUT2D eigenvalue weighted by Crippen LogP contribution is -2.56. The van der Waals surface area contributed by atoms with Gasteiger partial charge in [0.2, 0.25) is 5.91 Å². The number of fused-ring (bicyclic) bond motifs is 1. The van der Waals surface area contributed by atoms with E-state index in [2.05, 4.69) is 4.74 Å². The topological polar surface area (TPSA) is 87.2 Å². The molecule has 0 bridgehead atoms. The minimum absolute atomic E-state index is 0.106. The number of aliphatic hydroxyl groups excluding tert-OH is 1. The summed E-state index contributed by atoms with van der Waals surface area (Å²) in [5, 5.41) is 9.41. The van der Waals surface area contributed by atoms with Crippen LogP contribution >= 0.6 is 0 Å². The Morgan fingerprint density at radius 2 is 2.12 bits per heavy atom. The molecule has 0 radical (unpaired) electrons. The molecule has 0 aromatic rings. The Labute approximate surface area is 97.9 Å². The summed E-state index contributed by atoms with van der Waals surface area (Å²) in [6.45, 7) is 0.538. The molecule has 2 atom stereocenters. The highest BCUT2D eigenvalue weighted by molar-refractivity contribution is 5.95. The van der Waals surface area contributed by atoms with E-state index in [0.717, 1.165) is 0 Å². The van der Waals surface area contributed by atoms with E-state index in [9.17, 15) is 19.5 Å². The second-order valence-electron chi connectivity index (χ2n) is 4.13. The van der Waals surface area contributed by atoms with Crippen molar-refractivity contribution in [3.63, 3.8) is 0 Å². The van der Waals surface area contributed by atoms with Crippen LogP contribution in [0, 0.1) is 0 Å². The van der Waals surface area contributed by atoms with Crippen LogP contribution in [0.4, 0.5) is 0 Å². The van der Waals surface area contributed by atoms with Gasteiger partial charge in [-0.05, 0) is 0 Å². The Morgan fingerprint density at radius 3 is 2.76 bits per heavy atom. The van der Waals surface area contributed by atoms with Gasteiger partial charge >= 0.3 is 5.97 Å². The van der Waals surface area contributed by atoms with Gasteiger partial charge in [0, 0.05) is 19.5 Å². The number of piperazine rings is 1. The fraction of sp³-hybridized carbons (Fsp3) is 0.700. The molecule has 2 saturated heterocycles. The number of esters is 1. The fourth-order valence-corrected chi connectivity index (χ4v) is 2.21. The molecule has 7 heteroatoms. The molecule has 0 aromatic carbocycles. The molecule has 0 aliphatic carbocycles. The Kier molecular flexibility index (Phi) is 3.01. The maximum absolute atomic E-state index is 12.0. The van der Waals surface area contributed by atoms with Gasteiger partial charge < -0.3 is 19.6 Å². The van der Waals surface area contributed by atoms with E-state index in [4.69, 9.17) is 0 Å². The highest BCUT2D eigenvalue weighted by Gasteiger charge is 2.46. The average molecular weight is 242 g/mol. The van der Waals surface area contributed by atoms with Crippen molar-refractivity contribution in [1.29, 1.82) is 0 Å². The molecular formula is C10H14N2O5. The van der Waals surface area contributed by atoms with Crippen LogP contribution in [0.3, 0.4) is 0 Å². The second kappa shape index (κ2) is 4.33. The van der Waals surface area contributed by atoms with E-state index in [1.54, 1.807) is 0 Å². The Hall–Kier alpha value is -1.63. The lowest BCUT2D eigenvalue weighted by atomic mass is 10.1. The van der Waals surface area contributed by atoms with E-state index >= 15 is 0 Å². The molecule has 2 fully saturated rings. The van der Waals surface area contributed by atoms with Crippen molar-refractivity contribution in [2.45, 2.75) is 18.6 Å². The van der Waals surface area contributed by atoms with Crippen molar-refractivity contribution < 1.29 is 24.2 Å². The molecule has 1 N–H and O–H groups in total. The molecule has 0 saturated carbocycles. The van der Waals surface area contributed by atoms with Crippen LogP contribution < -0.4 is 0 Å². The molecule has 2 heterocycles. The Morgan fingerprint density at radius 1 is 1.41 bits per heavy atom. The second-order valence-corrected chi connectivity index (χ2v) is 4.13. The highest BCUT2D eigenvalue weighted by atomic mass is 16.5. The summed E-state index contributed by atoms with van der Waals surface area (Å²) in [5.41, 5.74) is 0. The van der Waals surface area contributed by atoms with Gasteiger partial charge in [0.05, 0.1) is 7.11 Å². The zero-order chi connectivity index (χ0) is 12.6. The number of methoxy groups -OCH3 is 1. The first kappa shape index (κ1) is 11.8. The maximum Gasteiger partial charge on any atom is 0.325 e. The predicted octanol–water partition coefficient (Wildman–Crippen LogP) is -2.04. The third kappa shape index (κ3) is 1.97. The Balaban J connectivity index is 2.06. The first-order valence-electron chi connectivity index (χ1n) is 5.38. The van der Waals surface area contributed by atoms with Crippen molar-refractivity contribution >= 4 is 17.8 Å². The summed E-state index contributed by atoms with van der Waals surface area (Å²) >= 11 is 0. The van der Waals surface area contributed by atoms with Gasteiger partial charge in [-0.15, -0.1) is 0 Å². The maximum atomic E-state index is 12.0. The quantitative estimate of drug-likeness (QED) is 0.564. The minimum atomic E-state index is -1.10. The van der Waals surface area contributed by atoms with Crippen LogP contribution in [-0.2, 0) is 19.1 Å². The van der Waals surface area contributed by atoms with E-state index in [-0.39, 0.29) is 18.9 Å². The number of rotatable bonds is 2. The summed E-state index contributed by atoms with van der Waals surface area (Å²) < 4.78 is 4.49. The van der Waals surface area contributed by atoms with Gasteiger partial charge in [0.25, 0.3) is 5.91 Å². The molecule has 0 spiro atoms. The molecule has 17 heavy (non-hydrogen) atoms. The number of carbonyl (C=O) groups is 3. The lowest BCUT2D eigenvalue weighted by Gasteiger charge is -2.35. The van der Waals surface area contributed by atoms with Crippen molar-refractivity contribution in [1.82, 2.24) is 9.80 Å². The van der Waals surface area contributed by atoms with E-state index in [1.807, 2.05) is 0 Å². The van der Waals surface area contributed by atoms with Crippen molar-refractivity contribution in [2.24, 2.45) is 0 Å². The SMILES string of the molecule is COC(=O)CN1CCN2C(=O)C(O)CC2C1=O. The third-order valence-electron chi connectivity index (χ3n) is 3.15. The number of amides is 2. The van der Waals surface area contributed by atoms with Crippen molar-refractivity contribution in [3.8, 4) is 0 Å². The van der Waals surface area contributed by atoms with Crippen LogP contribution in [0.1, 0.15) is 6.42 Å². The van der Waals surface area contributed by atoms with Gasteiger partial charge in [-0.2, -0.15) is 0 Å². The zero-order valence-corrected chi connectivity index (χ0v) is 9.46. The first-order valence-corrected chi connectivity index (χ1v) is 5.38. The summed E-state index contributed by atoms with van der Waals surface area (Å²) in [5.74, 6) is -1.19. The van der Waals surface area contributed by atoms with E-state index in [0.29, 0.717) is 13.1 Å². The summed E-state index contributed by atoms with van der Waals surface area (Å²) in [7, 11) is 1.26. The number of hydrogen-bond acceptors (Lipinski definition) is 5. The van der Waals surface area contributed by atoms with Gasteiger partial charge in [-0.1, -0.05) is 0 Å². The predicted molar refractivity (Wildman–Crippen MR) is 54.7 cm³/mol. The summed E-state index contributed by atoms with van der Waals surface area (Å²) in [4.78, 5) is 37.3. The zero-order valence-electron chi connectivity index (χ0n) is 9.46. The minimum Gasteiger partial charge on any atom is -0.468 e. The number of ether oxygens (including phenoxy) is 1. The van der Waals surface area contributed by atoms with Crippen LogP contribution in [0.25, 0.3) is 0 Å². The van der Waals surface area contributed by atoms with Gasteiger partial charge in [-0.3, -0.25) is 14.4 Å². The number of nitrogens with zero attached hydrogens (tertiary/aromatic N) is 2. The molecule has 2 unspecified atom stereocenters. The molecule has 2 amide bonds. The first-order chi connectivity index (χ1) is 8.04. The largest absolute Gasteiger partial charge is 0.468 e. The van der Waals surface area contributed by atoms with Crippen LogP contribution in [0.15, 0.2) is 0 Å². The smallest absolute Gasteiger partial charge is 0.325 e. The Bertz CT molecular complexity index is 370. The molecule has 7 nitrogen and oxygen atoms in total. The number of hydrogen-bond donors (Lipinski definition) is 1. The highest BCUT2D eigenvalue weighted by Crippen LogP contribution is 2.24. The third-order valence-corrected chi connectivity index (χ3v) is 3.15. The molecule has 2 aliphatic rings. The molecule has 94 valence electrons. The average Bonchev–Trinajstić information content (AvgIpc) is 2.60. The van der Waals surface area contributed by atoms with Crippen LogP contribution in [0.5, 0.6) is 0 Å². The van der Waals surface area contributed by atoms with E-state index < -0.39 is 24.0 Å². The molecule has 2 aliphatic heterocycles. The fourth-order valence-electron chi connectivity index (χ4n) is 2.21. The molecule has 0 aromatic heterocycles. The number of aliphatic hydroxyl groups is 1. The van der Waals surface area contributed by atoms with E-state index in [1.165, 1.54) is 16.9 Å². The lowest BCUT2D eigenvalue weighted by molar-refractivity contribution is -0.153. The number of carbonyl (C=O) groups excluding carboxylic acids is 3. The summed E-state index contributed by atoms with van der Waals surface area (Å²) in [6.07, 6.45) is -0.989. The van der Waals surface area contributed by atoms with Crippen molar-refractivity contribution in [2.75, 3.05) is 26.7 Å².